The third-order valence-corrected chi connectivity index (χ3v) is 3.02. The molecule has 0 saturated carbocycles. The molecule has 0 unspecified atom stereocenters. The van der Waals surface area contributed by atoms with E-state index < -0.39 is 0 Å². The predicted octanol–water partition coefficient (Wildman–Crippen LogP) is 3.52. The highest BCUT2D eigenvalue weighted by Gasteiger charge is 2.03. The van der Waals surface area contributed by atoms with Crippen molar-refractivity contribution in [1.29, 1.82) is 0 Å². The summed E-state index contributed by atoms with van der Waals surface area (Å²) in [6, 6.07) is 14.7. The van der Waals surface area contributed by atoms with Crippen molar-refractivity contribution in [1.82, 2.24) is 0 Å². The van der Waals surface area contributed by atoms with E-state index >= 15 is 0 Å². The Morgan fingerprint density at radius 1 is 1.00 bits per heavy atom. The minimum atomic E-state index is 0.821. The van der Waals surface area contributed by atoms with Gasteiger partial charge in [0, 0.05) is 25.0 Å². The maximum absolute atomic E-state index is 5.80. The Hall–Kier alpha value is -1.96. The number of anilines is 2. The van der Waals surface area contributed by atoms with Gasteiger partial charge >= 0.3 is 0 Å². The van der Waals surface area contributed by atoms with Gasteiger partial charge in [0.25, 0.3) is 0 Å². The van der Waals surface area contributed by atoms with E-state index in [0.29, 0.717) is 0 Å². The molecule has 0 aliphatic carbocycles. The lowest BCUT2D eigenvalue weighted by Gasteiger charge is -2.20. The van der Waals surface area contributed by atoms with E-state index in [1.807, 2.05) is 18.2 Å². The van der Waals surface area contributed by atoms with Crippen LogP contribution in [0.2, 0.25) is 0 Å². The maximum atomic E-state index is 5.80. The van der Waals surface area contributed by atoms with Crippen molar-refractivity contribution in [2.24, 2.45) is 0 Å². The Kier molecular flexibility index (Phi) is 3.56. The molecule has 0 amide bonds. The van der Waals surface area contributed by atoms with Crippen molar-refractivity contribution in [3.8, 4) is 0 Å². The number of nitrogen functional groups attached to an aromatic ring is 1. The molecule has 94 valence electrons. The second-order valence-electron chi connectivity index (χ2n) is 4.95. The van der Waals surface area contributed by atoms with Crippen molar-refractivity contribution in [3.05, 3.63) is 59.2 Å². The quantitative estimate of drug-likeness (QED) is 0.832. The summed E-state index contributed by atoms with van der Waals surface area (Å²) >= 11 is 0. The predicted molar refractivity (Wildman–Crippen MR) is 78.9 cm³/mol. The second kappa shape index (κ2) is 5.13. The molecule has 0 atom stereocenters. The van der Waals surface area contributed by atoms with Crippen molar-refractivity contribution >= 4 is 11.4 Å². The third-order valence-electron chi connectivity index (χ3n) is 3.02. The van der Waals surface area contributed by atoms with E-state index in [0.717, 1.165) is 12.2 Å². The molecule has 2 heteroatoms. The average Bonchev–Trinajstić information content (AvgIpc) is 2.27. The van der Waals surface area contributed by atoms with E-state index in [1.165, 1.54) is 22.4 Å². The van der Waals surface area contributed by atoms with Crippen molar-refractivity contribution in [3.63, 3.8) is 0 Å². The molecule has 2 rings (SSSR count). The minimum Gasteiger partial charge on any atom is -0.399 e. The molecular weight excluding hydrogens is 220 g/mol. The number of hydrogen-bond acceptors (Lipinski definition) is 2. The first-order chi connectivity index (χ1) is 8.54. The van der Waals surface area contributed by atoms with E-state index in [-0.39, 0.29) is 0 Å². The average molecular weight is 240 g/mol. The van der Waals surface area contributed by atoms with Gasteiger partial charge in [0.05, 0.1) is 0 Å². The number of nitrogens with two attached hydrogens (primary N) is 1. The van der Waals surface area contributed by atoms with Crippen molar-refractivity contribution in [2.75, 3.05) is 17.7 Å². The zero-order valence-corrected chi connectivity index (χ0v) is 11.3. The molecule has 2 N–H and O–H groups in total. The molecule has 2 nitrogen and oxygen atoms in total. The summed E-state index contributed by atoms with van der Waals surface area (Å²) < 4.78 is 0. The summed E-state index contributed by atoms with van der Waals surface area (Å²) in [5.41, 5.74) is 11.7. The van der Waals surface area contributed by atoms with Crippen molar-refractivity contribution < 1.29 is 0 Å². The van der Waals surface area contributed by atoms with Gasteiger partial charge in [-0.3, -0.25) is 0 Å². The van der Waals surface area contributed by atoms with Gasteiger partial charge in [0.15, 0.2) is 0 Å². The van der Waals surface area contributed by atoms with Gasteiger partial charge in [0.1, 0.15) is 0 Å². The normalized spacial score (nSPS) is 10.4. The molecule has 0 bridgehead atoms. The van der Waals surface area contributed by atoms with Gasteiger partial charge in [-0.25, -0.2) is 0 Å². The van der Waals surface area contributed by atoms with E-state index in [2.05, 4.69) is 50.1 Å². The number of hydrogen-bond donors (Lipinski definition) is 1. The van der Waals surface area contributed by atoms with Crippen LogP contribution in [0.25, 0.3) is 0 Å². The summed E-state index contributed by atoms with van der Waals surface area (Å²) in [4.78, 5) is 2.24. The first-order valence-electron chi connectivity index (χ1n) is 6.18. The van der Waals surface area contributed by atoms with E-state index in [4.69, 9.17) is 5.73 Å². The highest BCUT2D eigenvalue weighted by molar-refractivity contribution is 5.51. The minimum absolute atomic E-state index is 0.821. The van der Waals surface area contributed by atoms with Gasteiger partial charge in [-0.1, -0.05) is 18.2 Å². The molecule has 0 spiro atoms. The molecule has 18 heavy (non-hydrogen) atoms. The first-order valence-corrected chi connectivity index (χ1v) is 6.18. The van der Waals surface area contributed by atoms with E-state index in [9.17, 15) is 0 Å². The van der Waals surface area contributed by atoms with Gasteiger partial charge in [-0.2, -0.15) is 0 Å². The van der Waals surface area contributed by atoms with E-state index in [1.54, 1.807) is 0 Å². The summed E-state index contributed by atoms with van der Waals surface area (Å²) in [6.45, 7) is 5.13. The van der Waals surface area contributed by atoms with Crippen LogP contribution in [-0.2, 0) is 6.54 Å². The fraction of sp³-hybridized carbons (Fsp3) is 0.250. The van der Waals surface area contributed by atoms with Gasteiger partial charge in [-0.15, -0.1) is 0 Å². The lowest BCUT2D eigenvalue weighted by Crippen LogP contribution is -2.16. The molecule has 0 heterocycles. The molecule has 0 aliphatic rings. The third kappa shape index (κ3) is 3.04. The Balaban J connectivity index is 2.19. The molecular formula is C16H20N2. The van der Waals surface area contributed by atoms with Crippen LogP contribution in [0, 0.1) is 13.8 Å². The lowest BCUT2D eigenvalue weighted by atomic mass is 10.1. The zero-order valence-electron chi connectivity index (χ0n) is 11.3. The number of rotatable bonds is 3. The largest absolute Gasteiger partial charge is 0.399 e. The van der Waals surface area contributed by atoms with Crippen LogP contribution in [0.1, 0.15) is 16.7 Å². The highest BCUT2D eigenvalue weighted by atomic mass is 15.1. The highest BCUT2D eigenvalue weighted by Crippen LogP contribution is 2.20. The van der Waals surface area contributed by atoms with Crippen LogP contribution in [0.5, 0.6) is 0 Å². The van der Waals surface area contributed by atoms with Crippen LogP contribution < -0.4 is 10.6 Å². The topological polar surface area (TPSA) is 29.3 Å². The fourth-order valence-corrected chi connectivity index (χ4v) is 2.23. The summed E-state index contributed by atoms with van der Waals surface area (Å²) in [5.74, 6) is 0. The summed E-state index contributed by atoms with van der Waals surface area (Å²) in [6.07, 6.45) is 0. The van der Waals surface area contributed by atoms with Crippen LogP contribution in [-0.4, -0.2) is 7.05 Å². The molecule has 2 aromatic carbocycles. The van der Waals surface area contributed by atoms with Crippen LogP contribution in [0.4, 0.5) is 11.4 Å². The standard InChI is InChI=1S/C16H20N2/c1-12-7-13(2)9-16(8-12)18(3)11-14-5-4-6-15(17)10-14/h4-10H,11,17H2,1-3H3. The molecule has 0 fully saturated rings. The van der Waals surface area contributed by atoms with Gasteiger partial charge < -0.3 is 10.6 Å². The van der Waals surface area contributed by atoms with Crippen LogP contribution in [0.3, 0.4) is 0 Å². The lowest BCUT2D eigenvalue weighted by molar-refractivity contribution is 0.921. The molecule has 2 aromatic rings. The fourth-order valence-electron chi connectivity index (χ4n) is 2.23. The summed E-state index contributed by atoms with van der Waals surface area (Å²) in [5, 5.41) is 0. The van der Waals surface area contributed by atoms with Crippen molar-refractivity contribution in [2.45, 2.75) is 20.4 Å². The number of benzene rings is 2. The number of nitrogens with zero attached hydrogens (tertiary/aromatic N) is 1. The Morgan fingerprint density at radius 2 is 1.67 bits per heavy atom. The molecule has 0 saturated heterocycles. The van der Waals surface area contributed by atoms with Gasteiger partial charge in [-0.05, 0) is 54.8 Å². The Bertz CT molecular complexity index is 526. The maximum Gasteiger partial charge on any atom is 0.0426 e. The second-order valence-corrected chi connectivity index (χ2v) is 4.95. The van der Waals surface area contributed by atoms with Crippen LogP contribution >= 0.6 is 0 Å². The molecule has 0 aliphatic heterocycles. The first kappa shape index (κ1) is 12.5. The molecule has 0 radical (unpaired) electrons. The molecule has 0 aromatic heterocycles. The zero-order chi connectivity index (χ0) is 13.1. The number of aryl methyl sites for hydroxylation is 2. The Morgan fingerprint density at radius 3 is 2.28 bits per heavy atom. The SMILES string of the molecule is Cc1cc(C)cc(N(C)Cc2cccc(N)c2)c1. The van der Waals surface area contributed by atoms with Crippen LogP contribution in [0.15, 0.2) is 42.5 Å². The smallest absolute Gasteiger partial charge is 0.0426 e. The summed E-state index contributed by atoms with van der Waals surface area (Å²) in [7, 11) is 2.11. The monoisotopic (exact) mass is 240 g/mol. The van der Waals surface area contributed by atoms with Gasteiger partial charge in [0.2, 0.25) is 0 Å². The Labute approximate surface area is 109 Å².